The molecule has 1 aliphatic carbocycles. The number of ether oxygens (including phenoxy) is 1. The third kappa shape index (κ3) is 11.3. The summed E-state index contributed by atoms with van der Waals surface area (Å²) in [6.07, 6.45) is 7.71. The first-order valence-corrected chi connectivity index (χ1v) is 10.9. The fourth-order valence-corrected chi connectivity index (χ4v) is 3.30. The number of nitrogens with two attached hydrogens (primary N) is 1. The van der Waals surface area contributed by atoms with Crippen LogP contribution in [0.4, 0.5) is 0 Å². The van der Waals surface area contributed by atoms with Crippen molar-refractivity contribution in [2.45, 2.75) is 58.1 Å². The molecule has 1 aromatic rings. The molecule has 8 nitrogen and oxygen atoms in total. The van der Waals surface area contributed by atoms with E-state index in [-0.39, 0.29) is 36.4 Å². The van der Waals surface area contributed by atoms with Crippen molar-refractivity contribution in [1.82, 2.24) is 16.0 Å². The van der Waals surface area contributed by atoms with Gasteiger partial charge in [0.15, 0.2) is 5.96 Å². The fourth-order valence-electron chi connectivity index (χ4n) is 3.30. The van der Waals surface area contributed by atoms with E-state index in [0.717, 1.165) is 37.6 Å². The van der Waals surface area contributed by atoms with E-state index in [1.807, 2.05) is 19.1 Å². The summed E-state index contributed by atoms with van der Waals surface area (Å²) < 4.78 is 5.96. The number of hydrogen-bond acceptors (Lipinski definition) is 4. The molecule has 0 atom stereocenters. The smallest absolute Gasteiger partial charge is 0.251 e. The van der Waals surface area contributed by atoms with E-state index in [1.54, 1.807) is 12.1 Å². The van der Waals surface area contributed by atoms with E-state index in [0.29, 0.717) is 18.2 Å². The molecule has 5 N–H and O–H groups in total. The third-order valence-corrected chi connectivity index (χ3v) is 4.92. The molecule has 0 bridgehead atoms. The largest absolute Gasteiger partial charge is 0.378 e. The predicted octanol–water partition coefficient (Wildman–Crippen LogP) is 2.31. The Labute approximate surface area is 202 Å². The van der Waals surface area contributed by atoms with Crippen LogP contribution in [0.1, 0.15) is 61.4 Å². The third-order valence-electron chi connectivity index (χ3n) is 4.92. The van der Waals surface area contributed by atoms with Gasteiger partial charge in [0.25, 0.3) is 5.91 Å². The molecular weight excluding hydrogens is 509 g/mol. The van der Waals surface area contributed by atoms with E-state index in [9.17, 15) is 9.59 Å². The van der Waals surface area contributed by atoms with E-state index in [2.05, 4.69) is 20.9 Å². The topological polar surface area (TPSA) is 118 Å². The molecule has 2 amide bonds. The van der Waals surface area contributed by atoms with Gasteiger partial charge in [0.1, 0.15) is 0 Å². The monoisotopic (exact) mass is 545 g/mol. The SMILES string of the molecule is CCNC(=NCc1ccc(C(=O)NCC(N)=O)cc1)NCCCOC1CCCCC1.I. The van der Waals surface area contributed by atoms with Crippen molar-refractivity contribution in [1.29, 1.82) is 0 Å². The van der Waals surface area contributed by atoms with Crippen LogP contribution in [0.2, 0.25) is 0 Å². The van der Waals surface area contributed by atoms with Crippen LogP contribution in [0.3, 0.4) is 0 Å². The van der Waals surface area contributed by atoms with Gasteiger partial charge in [-0.05, 0) is 43.9 Å². The Morgan fingerprint density at radius 2 is 1.81 bits per heavy atom. The first-order chi connectivity index (χ1) is 14.6. The maximum atomic E-state index is 11.9. The summed E-state index contributed by atoms with van der Waals surface area (Å²) in [5.41, 5.74) is 6.50. The van der Waals surface area contributed by atoms with Crippen molar-refractivity contribution in [2.75, 3.05) is 26.2 Å². The van der Waals surface area contributed by atoms with Crippen molar-refractivity contribution in [3.8, 4) is 0 Å². The van der Waals surface area contributed by atoms with Crippen LogP contribution in [0, 0.1) is 0 Å². The Morgan fingerprint density at radius 3 is 2.45 bits per heavy atom. The second-order valence-electron chi connectivity index (χ2n) is 7.45. The van der Waals surface area contributed by atoms with Crippen molar-refractivity contribution in [3.05, 3.63) is 35.4 Å². The molecule has 0 radical (unpaired) electrons. The lowest BCUT2D eigenvalue weighted by atomic mass is 9.98. The summed E-state index contributed by atoms with van der Waals surface area (Å²) in [7, 11) is 0. The van der Waals surface area contributed by atoms with E-state index in [1.165, 1.54) is 32.1 Å². The first kappa shape index (κ1) is 27.2. The second kappa shape index (κ2) is 15.9. The molecule has 1 aliphatic rings. The first-order valence-electron chi connectivity index (χ1n) is 10.9. The number of carbonyl (C=O) groups excluding carboxylic acids is 2. The zero-order valence-electron chi connectivity index (χ0n) is 18.3. The number of aliphatic imine (C=N–C) groups is 1. The van der Waals surface area contributed by atoms with Crippen LogP contribution in [0.25, 0.3) is 0 Å². The highest BCUT2D eigenvalue weighted by Crippen LogP contribution is 2.20. The van der Waals surface area contributed by atoms with Crippen LogP contribution in [0.15, 0.2) is 29.3 Å². The predicted molar refractivity (Wildman–Crippen MR) is 134 cm³/mol. The lowest BCUT2D eigenvalue weighted by Gasteiger charge is -2.22. The number of nitrogens with one attached hydrogen (secondary N) is 3. The fraction of sp³-hybridized carbons (Fsp3) is 0.591. The number of primary amides is 1. The molecule has 1 aromatic carbocycles. The summed E-state index contributed by atoms with van der Waals surface area (Å²) >= 11 is 0. The van der Waals surface area contributed by atoms with Gasteiger partial charge >= 0.3 is 0 Å². The van der Waals surface area contributed by atoms with Gasteiger partial charge in [-0.15, -0.1) is 24.0 Å². The van der Waals surface area contributed by atoms with Gasteiger partial charge in [-0.1, -0.05) is 31.4 Å². The number of halogens is 1. The Bertz CT molecular complexity index is 691. The highest BCUT2D eigenvalue weighted by Gasteiger charge is 2.13. The number of nitrogens with zero attached hydrogens (tertiary/aromatic N) is 1. The van der Waals surface area contributed by atoms with Gasteiger partial charge in [0.2, 0.25) is 5.91 Å². The number of benzene rings is 1. The molecule has 174 valence electrons. The van der Waals surface area contributed by atoms with Gasteiger partial charge in [0, 0.05) is 25.3 Å². The molecular formula is C22H36IN5O3. The van der Waals surface area contributed by atoms with Crippen LogP contribution < -0.4 is 21.7 Å². The lowest BCUT2D eigenvalue weighted by Crippen LogP contribution is -2.38. The minimum Gasteiger partial charge on any atom is -0.378 e. The highest BCUT2D eigenvalue weighted by molar-refractivity contribution is 14.0. The average Bonchev–Trinajstić information content (AvgIpc) is 2.76. The summed E-state index contributed by atoms with van der Waals surface area (Å²) in [6.45, 7) is 4.71. The molecule has 0 aliphatic heterocycles. The molecule has 31 heavy (non-hydrogen) atoms. The van der Waals surface area contributed by atoms with Gasteiger partial charge < -0.3 is 26.4 Å². The average molecular weight is 545 g/mol. The van der Waals surface area contributed by atoms with Crippen LogP contribution in [-0.4, -0.2) is 50.1 Å². The number of carbonyl (C=O) groups is 2. The van der Waals surface area contributed by atoms with Gasteiger partial charge in [0.05, 0.1) is 19.2 Å². The van der Waals surface area contributed by atoms with Crippen molar-refractivity contribution in [2.24, 2.45) is 10.7 Å². The molecule has 1 saturated carbocycles. The number of hydrogen-bond donors (Lipinski definition) is 4. The summed E-state index contributed by atoms with van der Waals surface area (Å²) in [5.74, 6) is -0.133. The summed E-state index contributed by atoms with van der Waals surface area (Å²) in [6, 6.07) is 7.13. The molecule has 0 heterocycles. The van der Waals surface area contributed by atoms with E-state index in [4.69, 9.17) is 10.5 Å². The minimum absolute atomic E-state index is 0. The molecule has 0 saturated heterocycles. The Hall–Kier alpha value is -1.88. The van der Waals surface area contributed by atoms with Crippen molar-refractivity contribution in [3.63, 3.8) is 0 Å². The molecule has 1 fully saturated rings. The van der Waals surface area contributed by atoms with Gasteiger partial charge in [-0.25, -0.2) is 4.99 Å². The molecule has 0 spiro atoms. The van der Waals surface area contributed by atoms with E-state index >= 15 is 0 Å². The Morgan fingerprint density at radius 1 is 1.10 bits per heavy atom. The number of amides is 2. The maximum absolute atomic E-state index is 11.9. The van der Waals surface area contributed by atoms with Crippen LogP contribution in [0.5, 0.6) is 0 Å². The van der Waals surface area contributed by atoms with Crippen LogP contribution >= 0.6 is 24.0 Å². The van der Waals surface area contributed by atoms with Gasteiger partial charge in [-0.2, -0.15) is 0 Å². The summed E-state index contributed by atoms with van der Waals surface area (Å²) in [4.78, 5) is 27.3. The normalized spacial score (nSPS) is 14.4. The molecule has 2 rings (SSSR count). The number of guanidine groups is 1. The second-order valence-corrected chi connectivity index (χ2v) is 7.45. The Kier molecular flexibility index (Phi) is 13.9. The van der Waals surface area contributed by atoms with Gasteiger partial charge in [-0.3, -0.25) is 9.59 Å². The number of rotatable bonds is 11. The molecule has 0 aromatic heterocycles. The Balaban J connectivity index is 0.00000480. The lowest BCUT2D eigenvalue weighted by molar-refractivity contribution is -0.117. The summed E-state index contributed by atoms with van der Waals surface area (Å²) in [5, 5.41) is 9.04. The quantitative estimate of drug-likeness (QED) is 0.147. The minimum atomic E-state index is -0.571. The van der Waals surface area contributed by atoms with Crippen LogP contribution in [-0.2, 0) is 16.1 Å². The van der Waals surface area contributed by atoms with Crippen molar-refractivity contribution >= 4 is 41.8 Å². The maximum Gasteiger partial charge on any atom is 0.251 e. The zero-order chi connectivity index (χ0) is 21.6. The zero-order valence-corrected chi connectivity index (χ0v) is 20.7. The van der Waals surface area contributed by atoms with E-state index < -0.39 is 5.91 Å². The molecule has 9 heteroatoms. The standard InChI is InChI=1S/C22H35N5O3.HI/c1-2-24-22(25-13-6-14-30-19-7-4-3-5-8-19)27-15-17-9-11-18(12-10-17)21(29)26-16-20(23)28;/h9-12,19H,2-8,13-16H2,1H3,(H2,23,28)(H,26,29)(H2,24,25,27);1H. The molecule has 0 unspecified atom stereocenters. The highest BCUT2D eigenvalue weighted by atomic mass is 127. The van der Waals surface area contributed by atoms with Crippen molar-refractivity contribution < 1.29 is 14.3 Å².